The molecule has 5 heteroatoms. The Bertz CT molecular complexity index is 361. The minimum atomic E-state index is -0.355. The molecule has 0 unspecified atom stereocenters. The molecule has 0 spiro atoms. The highest BCUT2D eigenvalue weighted by molar-refractivity contribution is 9.11. The summed E-state index contributed by atoms with van der Waals surface area (Å²) in [6.45, 7) is 0.391. The number of carbonyl (C=O) groups excluding carboxylic acids is 1. The Morgan fingerprint density at radius 1 is 1.29 bits per heavy atom. The summed E-state index contributed by atoms with van der Waals surface area (Å²) in [7, 11) is 0. The maximum absolute atomic E-state index is 10.8. The van der Waals surface area contributed by atoms with Gasteiger partial charge < -0.3 is 10.1 Å². The Kier molecular flexibility index (Phi) is 2.78. The molecule has 1 aliphatic rings. The number of carbonyl (C=O) groups is 1. The predicted octanol–water partition coefficient (Wildman–Crippen LogP) is 2.99. The molecule has 1 fully saturated rings. The molecule has 1 aromatic rings. The van der Waals surface area contributed by atoms with E-state index in [0.29, 0.717) is 6.61 Å². The minimum Gasteiger partial charge on any atom is -0.447 e. The van der Waals surface area contributed by atoms with Crippen molar-refractivity contribution in [2.75, 3.05) is 6.61 Å². The molecule has 0 bridgehead atoms. The van der Waals surface area contributed by atoms with Crippen LogP contribution in [0.3, 0.4) is 0 Å². The molecule has 1 amide bonds. The number of hydrogen-bond acceptors (Lipinski definition) is 2. The molecule has 2 rings (SSSR count). The van der Waals surface area contributed by atoms with Crippen LogP contribution in [0.4, 0.5) is 4.79 Å². The standard InChI is InChI=1S/C9H7Br2NO2/c10-6-1-5(2-7(11)3-6)8-4-14-9(13)12-8/h1-3,8H,4H2,(H,12,13)/t8-/m0/s1. The molecule has 0 aromatic heterocycles. The monoisotopic (exact) mass is 319 g/mol. The van der Waals surface area contributed by atoms with Gasteiger partial charge in [-0.2, -0.15) is 0 Å². The van der Waals surface area contributed by atoms with Crippen molar-refractivity contribution in [3.63, 3.8) is 0 Å². The number of benzene rings is 1. The molecule has 74 valence electrons. The second-order valence-corrected chi connectivity index (χ2v) is 4.83. The van der Waals surface area contributed by atoms with E-state index in [1.165, 1.54) is 0 Å². The molecule has 14 heavy (non-hydrogen) atoms. The third-order valence-corrected chi connectivity index (χ3v) is 2.88. The zero-order valence-electron chi connectivity index (χ0n) is 7.09. The molecule has 0 saturated carbocycles. The van der Waals surface area contributed by atoms with Gasteiger partial charge in [0.05, 0.1) is 6.04 Å². The van der Waals surface area contributed by atoms with Gasteiger partial charge in [-0.15, -0.1) is 0 Å². The first kappa shape index (κ1) is 9.98. The topological polar surface area (TPSA) is 38.3 Å². The van der Waals surface area contributed by atoms with Gasteiger partial charge in [0.1, 0.15) is 6.61 Å². The lowest BCUT2D eigenvalue weighted by Gasteiger charge is -2.08. The summed E-state index contributed by atoms with van der Waals surface area (Å²) in [5.74, 6) is 0. The molecule has 1 aliphatic heterocycles. The smallest absolute Gasteiger partial charge is 0.407 e. The highest BCUT2D eigenvalue weighted by Gasteiger charge is 2.23. The number of ether oxygens (including phenoxy) is 1. The van der Waals surface area contributed by atoms with Gasteiger partial charge in [-0.3, -0.25) is 0 Å². The minimum absolute atomic E-state index is 0.0451. The summed E-state index contributed by atoms with van der Waals surface area (Å²) in [4.78, 5) is 10.8. The van der Waals surface area contributed by atoms with Crippen molar-refractivity contribution in [1.82, 2.24) is 5.32 Å². The summed E-state index contributed by atoms with van der Waals surface area (Å²) < 4.78 is 6.77. The Labute approximate surface area is 98.1 Å². The van der Waals surface area contributed by atoms with Gasteiger partial charge in [-0.1, -0.05) is 31.9 Å². The van der Waals surface area contributed by atoms with Crippen LogP contribution in [0, 0.1) is 0 Å². The lowest BCUT2D eigenvalue weighted by atomic mass is 10.1. The van der Waals surface area contributed by atoms with E-state index >= 15 is 0 Å². The number of amides is 1. The van der Waals surface area contributed by atoms with Gasteiger partial charge in [-0.25, -0.2) is 4.79 Å². The van der Waals surface area contributed by atoms with Crippen molar-refractivity contribution in [3.8, 4) is 0 Å². The molecule has 1 N–H and O–H groups in total. The Balaban J connectivity index is 2.27. The van der Waals surface area contributed by atoms with E-state index in [4.69, 9.17) is 4.74 Å². The van der Waals surface area contributed by atoms with Crippen LogP contribution in [0.15, 0.2) is 27.1 Å². The predicted molar refractivity (Wildman–Crippen MR) is 59.1 cm³/mol. The van der Waals surface area contributed by atoms with Crippen LogP contribution in [0.25, 0.3) is 0 Å². The first-order chi connectivity index (χ1) is 6.65. The number of alkyl carbamates (subject to hydrolysis) is 1. The molecule has 1 aromatic carbocycles. The van der Waals surface area contributed by atoms with E-state index in [-0.39, 0.29) is 12.1 Å². The van der Waals surface area contributed by atoms with E-state index in [0.717, 1.165) is 14.5 Å². The lowest BCUT2D eigenvalue weighted by Crippen LogP contribution is -2.18. The Morgan fingerprint density at radius 2 is 1.93 bits per heavy atom. The number of rotatable bonds is 1. The van der Waals surface area contributed by atoms with E-state index in [2.05, 4.69) is 37.2 Å². The second-order valence-electron chi connectivity index (χ2n) is 3.00. The summed E-state index contributed by atoms with van der Waals surface area (Å²) in [5.41, 5.74) is 1.03. The molecular weight excluding hydrogens is 314 g/mol. The first-order valence-electron chi connectivity index (χ1n) is 4.04. The largest absolute Gasteiger partial charge is 0.447 e. The van der Waals surface area contributed by atoms with E-state index in [9.17, 15) is 4.79 Å². The van der Waals surface area contributed by atoms with Crippen LogP contribution < -0.4 is 5.32 Å². The number of hydrogen-bond donors (Lipinski definition) is 1. The highest BCUT2D eigenvalue weighted by atomic mass is 79.9. The van der Waals surface area contributed by atoms with Crippen LogP contribution in [-0.2, 0) is 4.74 Å². The summed E-state index contributed by atoms with van der Waals surface area (Å²) in [6, 6.07) is 5.83. The van der Waals surface area contributed by atoms with Gasteiger partial charge in [0, 0.05) is 8.95 Å². The van der Waals surface area contributed by atoms with Crippen LogP contribution in [0.5, 0.6) is 0 Å². The van der Waals surface area contributed by atoms with Crippen LogP contribution >= 0.6 is 31.9 Å². The number of nitrogens with one attached hydrogen (secondary N) is 1. The van der Waals surface area contributed by atoms with Crippen molar-refractivity contribution < 1.29 is 9.53 Å². The summed E-state index contributed by atoms with van der Waals surface area (Å²) in [5, 5.41) is 2.72. The fraction of sp³-hybridized carbons (Fsp3) is 0.222. The SMILES string of the molecule is O=C1N[C@H](c2cc(Br)cc(Br)c2)CO1. The van der Waals surface area contributed by atoms with Gasteiger partial charge in [0.2, 0.25) is 0 Å². The summed E-state index contributed by atoms with van der Waals surface area (Å²) >= 11 is 6.78. The zero-order valence-corrected chi connectivity index (χ0v) is 10.3. The van der Waals surface area contributed by atoms with Gasteiger partial charge in [0.25, 0.3) is 0 Å². The van der Waals surface area contributed by atoms with E-state index < -0.39 is 0 Å². The van der Waals surface area contributed by atoms with Crippen molar-refractivity contribution >= 4 is 38.0 Å². The molecule has 1 heterocycles. The Hall–Kier alpha value is -0.550. The van der Waals surface area contributed by atoms with Crippen LogP contribution in [0.2, 0.25) is 0 Å². The normalized spacial score (nSPS) is 20.4. The van der Waals surface area contributed by atoms with Crippen LogP contribution in [-0.4, -0.2) is 12.7 Å². The number of cyclic esters (lactones) is 1. The fourth-order valence-electron chi connectivity index (χ4n) is 1.34. The zero-order chi connectivity index (χ0) is 10.1. The van der Waals surface area contributed by atoms with Crippen molar-refractivity contribution in [3.05, 3.63) is 32.7 Å². The van der Waals surface area contributed by atoms with Crippen molar-refractivity contribution in [1.29, 1.82) is 0 Å². The average Bonchev–Trinajstić information content (AvgIpc) is 2.50. The molecule has 1 atom stereocenters. The molecule has 0 radical (unpaired) electrons. The second kappa shape index (κ2) is 3.90. The fourth-order valence-corrected chi connectivity index (χ4v) is 2.67. The Morgan fingerprint density at radius 3 is 2.43 bits per heavy atom. The van der Waals surface area contributed by atoms with Crippen LogP contribution in [0.1, 0.15) is 11.6 Å². The third-order valence-electron chi connectivity index (χ3n) is 1.96. The van der Waals surface area contributed by atoms with Gasteiger partial charge >= 0.3 is 6.09 Å². The molecule has 3 nitrogen and oxygen atoms in total. The third kappa shape index (κ3) is 2.09. The lowest BCUT2D eigenvalue weighted by molar-refractivity contribution is 0.177. The maximum atomic E-state index is 10.8. The first-order valence-corrected chi connectivity index (χ1v) is 5.63. The molecule has 0 aliphatic carbocycles. The van der Waals surface area contributed by atoms with Crippen molar-refractivity contribution in [2.24, 2.45) is 0 Å². The maximum Gasteiger partial charge on any atom is 0.407 e. The van der Waals surface area contributed by atoms with E-state index in [1.807, 2.05) is 18.2 Å². The average molecular weight is 321 g/mol. The van der Waals surface area contributed by atoms with Gasteiger partial charge in [0.15, 0.2) is 0 Å². The van der Waals surface area contributed by atoms with E-state index in [1.54, 1.807) is 0 Å². The quantitative estimate of drug-likeness (QED) is 0.864. The number of halogens is 2. The summed E-state index contributed by atoms with van der Waals surface area (Å²) in [6.07, 6.45) is -0.355. The van der Waals surface area contributed by atoms with Gasteiger partial charge in [-0.05, 0) is 23.8 Å². The molecular formula is C9H7Br2NO2. The van der Waals surface area contributed by atoms with Crippen molar-refractivity contribution in [2.45, 2.75) is 6.04 Å². The highest BCUT2D eigenvalue weighted by Crippen LogP contribution is 2.26. The molecule has 1 saturated heterocycles.